The SMILES string of the molecule is CSC(=O)OS. The summed E-state index contributed by atoms with van der Waals surface area (Å²) in [4.78, 5) is 9.84. The molecule has 0 saturated carbocycles. The van der Waals surface area contributed by atoms with Crippen molar-refractivity contribution in [1.29, 1.82) is 0 Å². The minimum Gasteiger partial charge on any atom is -0.386 e. The van der Waals surface area contributed by atoms with Crippen molar-refractivity contribution in [3.05, 3.63) is 0 Å². The molecule has 0 rings (SSSR count). The molecule has 0 radical (unpaired) electrons. The van der Waals surface area contributed by atoms with Gasteiger partial charge in [-0.3, -0.25) is 0 Å². The predicted molar refractivity (Wildman–Crippen MR) is 29.0 cm³/mol. The van der Waals surface area contributed by atoms with Crippen LogP contribution in [0, 0.1) is 0 Å². The van der Waals surface area contributed by atoms with E-state index >= 15 is 0 Å². The molecule has 0 aliphatic rings. The van der Waals surface area contributed by atoms with Crippen molar-refractivity contribution in [2.75, 3.05) is 6.26 Å². The van der Waals surface area contributed by atoms with Crippen LogP contribution in [0.1, 0.15) is 0 Å². The molecule has 2 nitrogen and oxygen atoms in total. The zero-order chi connectivity index (χ0) is 4.99. The van der Waals surface area contributed by atoms with Gasteiger partial charge in [-0.1, -0.05) is 0 Å². The maximum atomic E-state index is 9.84. The third-order valence-corrected chi connectivity index (χ3v) is 0.947. The van der Waals surface area contributed by atoms with E-state index in [1.54, 1.807) is 6.26 Å². The van der Waals surface area contributed by atoms with Crippen molar-refractivity contribution >= 4 is 30.0 Å². The van der Waals surface area contributed by atoms with E-state index in [1.807, 2.05) is 0 Å². The average molecular weight is 124 g/mol. The third-order valence-electron chi connectivity index (χ3n) is 0.241. The van der Waals surface area contributed by atoms with Crippen LogP contribution in [0.3, 0.4) is 0 Å². The van der Waals surface area contributed by atoms with Crippen molar-refractivity contribution in [1.82, 2.24) is 0 Å². The van der Waals surface area contributed by atoms with E-state index in [0.29, 0.717) is 0 Å². The standard InChI is InChI=1S/C2H4O2S2/c1-6-2(3)4-5/h5H,1H3. The Kier molecular flexibility index (Phi) is 3.46. The first-order chi connectivity index (χ1) is 2.81. The lowest BCUT2D eigenvalue weighted by atomic mass is 11.6. The van der Waals surface area contributed by atoms with E-state index < -0.39 is 0 Å². The summed E-state index contributed by atoms with van der Waals surface area (Å²) in [5.41, 5.74) is 0. The van der Waals surface area contributed by atoms with Crippen LogP contribution in [-0.2, 0) is 4.18 Å². The van der Waals surface area contributed by atoms with E-state index in [1.165, 1.54) is 0 Å². The van der Waals surface area contributed by atoms with Gasteiger partial charge in [0.2, 0.25) is 0 Å². The van der Waals surface area contributed by atoms with Crippen LogP contribution in [-0.4, -0.2) is 11.6 Å². The summed E-state index contributed by atoms with van der Waals surface area (Å²) in [5, 5.41) is -0.377. The summed E-state index contributed by atoms with van der Waals surface area (Å²) in [7, 11) is 0. The molecule has 0 aliphatic carbocycles. The molecule has 0 atom stereocenters. The predicted octanol–water partition coefficient (Wildman–Crippen LogP) is 1.33. The highest BCUT2D eigenvalue weighted by Gasteiger charge is 1.90. The summed E-state index contributed by atoms with van der Waals surface area (Å²) in [6, 6.07) is 0. The Morgan fingerprint density at radius 2 is 2.50 bits per heavy atom. The Morgan fingerprint density at radius 1 is 2.00 bits per heavy atom. The highest BCUT2D eigenvalue weighted by atomic mass is 32.2. The van der Waals surface area contributed by atoms with E-state index in [2.05, 4.69) is 17.1 Å². The summed E-state index contributed by atoms with van der Waals surface area (Å²) in [6.45, 7) is 0. The topological polar surface area (TPSA) is 26.3 Å². The second-order valence-corrected chi connectivity index (χ2v) is 1.47. The quantitative estimate of drug-likeness (QED) is 0.390. The lowest BCUT2D eigenvalue weighted by Gasteiger charge is -1.83. The average Bonchev–Trinajstić information content (AvgIpc) is 1.65. The van der Waals surface area contributed by atoms with Crippen LogP contribution in [0.5, 0.6) is 0 Å². The van der Waals surface area contributed by atoms with Gasteiger partial charge in [0.05, 0.1) is 0 Å². The number of carbonyl (C=O) groups is 1. The number of rotatable bonds is 0. The molecule has 0 saturated heterocycles. The fourth-order valence-corrected chi connectivity index (χ4v) is 0.335. The number of hydrogen-bond donors (Lipinski definition) is 1. The van der Waals surface area contributed by atoms with E-state index in [-0.39, 0.29) is 5.30 Å². The number of hydrogen-bond acceptors (Lipinski definition) is 4. The van der Waals surface area contributed by atoms with Gasteiger partial charge in [0.1, 0.15) is 0 Å². The van der Waals surface area contributed by atoms with Gasteiger partial charge in [0.25, 0.3) is 0 Å². The van der Waals surface area contributed by atoms with Crippen molar-refractivity contribution in [3.63, 3.8) is 0 Å². The molecule has 0 N–H and O–H groups in total. The van der Waals surface area contributed by atoms with Crippen molar-refractivity contribution in [2.45, 2.75) is 0 Å². The maximum Gasteiger partial charge on any atom is 0.378 e. The first kappa shape index (κ1) is 6.17. The van der Waals surface area contributed by atoms with Crippen molar-refractivity contribution in [3.8, 4) is 0 Å². The van der Waals surface area contributed by atoms with Gasteiger partial charge in [-0.05, 0) is 18.0 Å². The molecule has 6 heavy (non-hydrogen) atoms. The second kappa shape index (κ2) is 3.36. The minimum atomic E-state index is -0.377. The maximum absolute atomic E-state index is 9.84. The minimum absolute atomic E-state index is 0.377. The fraction of sp³-hybridized carbons (Fsp3) is 0.500. The van der Waals surface area contributed by atoms with E-state index in [0.717, 1.165) is 11.8 Å². The largest absolute Gasteiger partial charge is 0.386 e. The lowest BCUT2D eigenvalue weighted by Crippen LogP contribution is -1.80. The van der Waals surface area contributed by atoms with Gasteiger partial charge in [-0.15, -0.1) is 0 Å². The number of thiol groups is 1. The summed E-state index contributed by atoms with van der Waals surface area (Å²) in [6.07, 6.45) is 1.62. The molecule has 0 aromatic heterocycles. The van der Waals surface area contributed by atoms with Crippen LogP contribution in [0.2, 0.25) is 0 Å². The molecule has 0 unspecified atom stereocenters. The molecular formula is C2H4O2S2. The zero-order valence-electron chi connectivity index (χ0n) is 3.17. The summed E-state index contributed by atoms with van der Waals surface area (Å²) >= 11 is 4.21. The van der Waals surface area contributed by atoms with Gasteiger partial charge >= 0.3 is 5.30 Å². The van der Waals surface area contributed by atoms with Gasteiger partial charge < -0.3 is 4.18 Å². The molecule has 0 spiro atoms. The molecule has 36 valence electrons. The Labute approximate surface area is 45.9 Å². The molecule has 0 aromatic carbocycles. The summed E-state index contributed by atoms with van der Waals surface area (Å²) < 4.78 is 3.92. The fourth-order valence-electron chi connectivity index (χ4n) is 0.0373. The molecule has 0 bridgehead atoms. The highest BCUT2D eigenvalue weighted by Crippen LogP contribution is 1.98. The Balaban J connectivity index is 2.99. The molecule has 0 aromatic rings. The normalized spacial score (nSPS) is 7.67. The Morgan fingerprint density at radius 3 is 2.50 bits per heavy atom. The van der Waals surface area contributed by atoms with Gasteiger partial charge in [0, 0.05) is 12.9 Å². The third kappa shape index (κ3) is 2.41. The molecule has 0 fully saturated rings. The number of thioether (sulfide) groups is 1. The van der Waals surface area contributed by atoms with Crippen LogP contribution >= 0.6 is 24.7 Å². The summed E-state index contributed by atoms with van der Waals surface area (Å²) in [5.74, 6) is 0. The molecule has 4 heteroatoms. The van der Waals surface area contributed by atoms with E-state index in [9.17, 15) is 4.79 Å². The Bertz CT molecular complexity index is 47.5. The first-order valence-corrected chi connectivity index (χ1v) is 2.79. The van der Waals surface area contributed by atoms with Gasteiger partial charge in [0.15, 0.2) is 0 Å². The zero-order valence-corrected chi connectivity index (χ0v) is 4.88. The van der Waals surface area contributed by atoms with Gasteiger partial charge in [-0.2, -0.15) is 0 Å². The first-order valence-electron chi connectivity index (χ1n) is 1.20. The van der Waals surface area contributed by atoms with Gasteiger partial charge in [-0.25, -0.2) is 4.79 Å². The highest BCUT2D eigenvalue weighted by molar-refractivity contribution is 8.13. The smallest absolute Gasteiger partial charge is 0.378 e. The number of carbonyl (C=O) groups excluding carboxylic acids is 1. The molecule has 0 heterocycles. The molecule has 0 amide bonds. The van der Waals surface area contributed by atoms with Crippen LogP contribution in [0.4, 0.5) is 4.79 Å². The monoisotopic (exact) mass is 124 g/mol. The van der Waals surface area contributed by atoms with Crippen molar-refractivity contribution in [2.24, 2.45) is 0 Å². The van der Waals surface area contributed by atoms with E-state index in [4.69, 9.17) is 0 Å². The van der Waals surface area contributed by atoms with Crippen LogP contribution < -0.4 is 0 Å². The molecular weight excluding hydrogens is 120 g/mol. The van der Waals surface area contributed by atoms with Crippen LogP contribution in [0.25, 0.3) is 0 Å². The second-order valence-electron chi connectivity index (χ2n) is 0.545. The molecule has 0 aliphatic heterocycles. The lowest BCUT2D eigenvalue weighted by molar-refractivity contribution is 0.235. The van der Waals surface area contributed by atoms with Crippen LogP contribution in [0.15, 0.2) is 0 Å². The Hall–Kier alpha value is 0.170. The van der Waals surface area contributed by atoms with Crippen molar-refractivity contribution < 1.29 is 8.98 Å².